The summed E-state index contributed by atoms with van der Waals surface area (Å²) in [5.74, 6) is -0.248. The van der Waals surface area contributed by atoms with Crippen molar-refractivity contribution in [2.45, 2.75) is 57.5 Å². The fraction of sp³-hybridized carbons (Fsp3) is 0.435. The number of hydrogen-bond acceptors (Lipinski definition) is 5. The van der Waals surface area contributed by atoms with Gasteiger partial charge in [-0.15, -0.1) is 0 Å². The number of hydrogen-bond donors (Lipinski definition) is 3. The van der Waals surface area contributed by atoms with Gasteiger partial charge in [-0.05, 0) is 61.2 Å². The normalized spacial score (nSPS) is 23.6. The highest BCUT2D eigenvalue weighted by molar-refractivity contribution is 5.73. The van der Waals surface area contributed by atoms with E-state index in [2.05, 4.69) is 5.32 Å². The molecule has 2 aromatic carbocycles. The van der Waals surface area contributed by atoms with Crippen LogP contribution >= 0.6 is 0 Å². The maximum atomic E-state index is 14.3. The van der Waals surface area contributed by atoms with E-state index in [-0.39, 0.29) is 5.91 Å². The van der Waals surface area contributed by atoms with Crippen molar-refractivity contribution in [3.63, 3.8) is 0 Å². The maximum absolute atomic E-state index is 14.3. The minimum atomic E-state index is -1.88. The molecule has 4 atom stereocenters. The average Bonchev–Trinajstić information content (AvgIpc) is 2.97. The van der Waals surface area contributed by atoms with E-state index in [4.69, 9.17) is 9.47 Å². The predicted octanol–water partition coefficient (Wildman–Crippen LogP) is 2.74. The van der Waals surface area contributed by atoms with Gasteiger partial charge in [0.2, 0.25) is 12.2 Å². The molecule has 31 heavy (non-hydrogen) atoms. The van der Waals surface area contributed by atoms with E-state index in [1.807, 2.05) is 0 Å². The van der Waals surface area contributed by atoms with E-state index in [1.54, 1.807) is 30.3 Å². The molecule has 1 amide bonds. The Balaban J connectivity index is 1.86. The molecule has 6 nitrogen and oxygen atoms in total. The number of carbonyl (C=O) groups excluding carboxylic acids is 1. The van der Waals surface area contributed by atoms with Gasteiger partial charge in [-0.3, -0.25) is 4.79 Å². The standard InChI is InChI=1S/C23H27F2NO5/c1-13(27)26-10-9-14-7-8-17(12-18(14)15-5-4-6-16(24)11-15)30-22-20(29)19(28)21(31-22)23(2,3)25/h4-8,11-12,19-22,28-29H,9-10H2,1-3H3,(H,26,27)/t19-,20+,21?,22?/m0/s1. The lowest BCUT2D eigenvalue weighted by Gasteiger charge is -2.24. The van der Waals surface area contributed by atoms with Gasteiger partial charge in [-0.2, -0.15) is 0 Å². The van der Waals surface area contributed by atoms with E-state index >= 15 is 0 Å². The molecule has 168 valence electrons. The zero-order valence-electron chi connectivity index (χ0n) is 17.6. The fourth-order valence-corrected chi connectivity index (χ4v) is 3.59. The molecule has 0 spiro atoms. The molecule has 1 saturated heterocycles. The molecular formula is C23H27F2NO5. The number of benzene rings is 2. The van der Waals surface area contributed by atoms with Crippen molar-refractivity contribution < 1.29 is 33.3 Å². The second kappa shape index (κ2) is 9.30. The van der Waals surface area contributed by atoms with Crippen LogP contribution in [-0.4, -0.2) is 52.9 Å². The lowest BCUT2D eigenvalue weighted by atomic mass is 9.97. The molecule has 2 unspecified atom stereocenters. The Hall–Kier alpha value is -2.55. The molecule has 2 aromatic rings. The summed E-state index contributed by atoms with van der Waals surface area (Å²) in [5, 5.41) is 23.1. The largest absolute Gasteiger partial charge is 0.462 e. The summed E-state index contributed by atoms with van der Waals surface area (Å²) in [6, 6.07) is 11.1. The SMILES string of the molecule is CC(=O)NCCc1ccc(OC2OC(C(C)(C)F)[C@@H](O)[C@H]2O)cc1-c1cccc(F)c1. The Kier molecular flexibility index (Phi) is 6.93. The second-order valence-corrected chi connectivity index (χ2v) is 8.15. The van der Waals surface area contributed by atoms with Crippen molar-refractivity contribution in [3.8, 4) is 16.9 Å². The molecule has 0 bridgehead atoms. The smallest absolute Gasteiger partial charge is 0.229 e. The Morgan fingerprint density at radius 3 is 2.55 bits per heavy atom. The van der Waals surface area contributed by atoms with Crippen LogP contribution in [0.1, 0.15) is 26.3 Å². The van der Waals surface area contributed by atoms with Crippen molar-refractivity contribution in [2.24, 2.45) is 0 Å². The first-order valence-corrected chi connectivity index (χ1v) is 10.1. The van der Waals surface area contributed by atoms with Crippen LogP contribution in [0.5, 0.6) is 5.75 Å². The summed E-state index contributed by atoms with van der Waals surface area (Å²) >= 11 is 0. The molecule has 0 aromatic heterocycles. The van der Waals surface area contributed by atoms with Crippen LogP contribution in [-0.2, 0) is 16.0 Å². The Morgan fingerprint density at radius 1 is 1.19 bits per heavy atom. The van der Waals surface area contributed by atoms with Crippen LogP contribution in [0.25, 0.3) is 11.1 Å². The summed E-state index contributed by atoms with van der Waals surface area (Å²) in [6.45, 7) is 4.34. The number of halogens is 2. The van der Waals surface area contributed by atoms with Crippen LogP contribution in [0.4, 0.5) is 8.78 Å². The molecule has 0 radical (unpaired) electrons. The van der Waals surface area contributed by atoms with Crippen molar-refractivity contribution in [1.82, 2.24) is 5.32 Å². The molecule has 1 heterocycles. The van der Waals surface area contributed by atoms with Gasteiger partial charge in [0.1, 0.15) is 35.5 Å². The van der Waals surface area contributed by atoms with E-state index in [0.29, 0.717) is 29.8 Å². The second-order valence-electron chi connectivity index (χ2n) is 8.15. The summed E-state index contributed by atoms with van der Waals surface area (Å²) < 4.78 is 39.2. The van der Waals surface area contributed by atoms with Gasteiger partial charge in [-0.1, -0.05) is 18.2 Å². The maximum Gasteiger partial charge on any atom is 0.229 e. The average molecular weight is 435 g/mol. The van der Waals surface area contributed by atoms with Gasteiger partial charge in [0.15, 0.2) is 0 Å². The van der Waals surface area contributed by atoms with Crippen LogP contribution in [0.2, 0.25) is 0 Å². The van der Waals surface area contributed by atoms with Crippen LogP contribution in [0.15, 0.2) is 42.5 Å². The molecule has 3 N–H and O–H groups in total. The van der Waals surface area contributed by atoms with E-state index in [1.165, 1.54) is 32.9 Å². The summed E-state index contributed by atoms with van der Waals surface area (Å²) in [7, 11) is 0. The van der Waals surface area contributed by atoms with Gasteiger partial charge in [0, 0.05) is 13.5 Å². The molecule has 8 heteroatoms. The number of amides is 1. The highest BCUT2D eigenvalue weighted by Crippen LogP contribution is 2.34. The van der Waals surface area contributed by atoms with Crippen LogP contribution in [0, 0.1) is 5.82 Å². The number of aliphatic hydroxyl groups is 2. The van der Waals surface area contributed by atoms with Gasteiger partial charge in [0.25, 0.3) is 0 Å². The van der Waals surface area contributed by atoms with E-state index < -0.39 is 36.1 Å². The monoisotopic (exact) mass is 435 g/mol. The summed E-state index contributed by atoms with van der Waals surface area (Å²) in [4.78, 5) is 11.2. The number of ether oxygens (including phenoxy) is 2. The van der Waals surface area contributed by atoms with E-state index in [9.17, 15) is 23.8 Å². The Bertz CT molecular complexity index is 930. The van der Waals surface area contributed by atoms with Crippen molar-refractivity contribution in [3.05, 3.63) is 53.8 Å². The number of aliphatic hydroxyl groups excluding tert-OH is 2. The minimum Gasteiger partial charge on any atom is -0.462 e. The summed E-state index contributed by atoms with van der Waals surface area (Å²) in [6.07, 6.45) is -4.88. The van der Waals surface area contributed by atoms with E-state index in [0.717, 1.165) is 5.56 Å². The van der Waals surface area contributed by atoms with Crippen molar-refractivity contribution in [1.29, 1.82) is 0 Å². The van der Waals surface area contributed by atoms with Gasteiger partial charge >= 0.3 is 0 Å². The van der Waals surface area contributed by atoms with Crippen molar-refractivity contribution in [2.75, 3.05) is 6.54 Å². The quantitative estimate of drug-likeness (QED) is 0.623. The van der Waals surface area contributed by atoms with Crippen molar-refractivity contribution >= 4 is 5.91 Å². The lowest BCUT2D eigenvalue weighted by molar-refractivity contribution is -0.136. The van der Waals surface area contributed by atoms with Gasteiger partial charge in [0.05, 0.1) is 0 Å². The predicted molar refractivity (Wildman–Crippen MR) is 111 cm³/mol. The highest BCUT2D eigenvalue weighted by Gasteiger charge is 2.51. The Morgan fingerprint density at radius 2 is 1.94 bits per heavy atom. The third-order valence-corrected chi connectivity index (χ3v) is 5.13. The third kappa shape index (κ3) is 5.58. The molecule has 1 fully saturated rings. The molecule has 0 aliphatic carbocycles. The first-order valence-electron chi connectivity index (χ1n) is 10.1. The van der Waals surface area contributed by atoms with Gasteiger partial charge in [-0.25, -0.2) is 8.78 Å². The lowest BCUT2D eigenvalue weighted by Crippen LogP contribution is -2.42. The molecular weight excluding hydrogens is 408 g/mol. The first kappa shape index (κ1) is 23.1. The molecule has 3 rings (SSSR count). The molecule has 0 saturated carbocycles. The summed E-state index contributed by atoms with van der Waals surface area (Å²) in [5.41, 5.74) is 0.262. The Labute approximate surface area is 179 Å². The first-order chi connectivity index (χ1) is 14.6. The van der Waals surface area contributed by atoms with Gasteiger partial charge < -0.3 is 25.0 Å². The van der Waals surface area contributed by atoms with Crippen LogP contribution < -0.4 is 10.1 Å². The number of nitrogens with one attached hydrogen (secondary N) is 1. The zero-order chi connectivity index (χ0) is 22.8. The highest BCUT2D eigenvalue weighted by atomic mass is 19.1. The zero-order valence-corrected chi connectivity index (χ0v) is 17.6. The minimum absolute atomic E-state index is 0.150. The number of carbonyl (C=O) groups is 1. The van der Waals surface area contributed by atoms with Crippen LogP contribution in [0.3, 0.4) is 0 Å². The fourth-order valence-electron chi connectivity index (χ4n) is 3.59. The number of alkyl halides is 1. The third-order valence-electron chi connectivity index (χ3n) is 5.13. The molecule has 1 aliphatic rings. The number of rotatable bonds is 7. The molecule has 1 aliphatic heterocycles. The topological polar surface area (TPSA) is 88.0 Å².